The summed E-state index contributed by atoms with van der Waals surface area (Å²) in [6, 6.07) is 5.59. The Kier molecular flexibility index (Phi) is 6.87. The van der Waals surface area contributed by atoms with E-state index >= 15 is 0 Å². The second-order valence-electron chi connectivity index (χ2n) is 4.59. The molecule has 0 spiro atoms. The minimum Gasteiger partial charge on any atom is -0.493 e. The lowest BCUT2D eigenvalue weighted by molar-refractivity contribution is 0.0953. The molecule has 1 atom stereocenters. The highest BCUT2D eigenvalue weighted by atomic mass is 16.5. The number of ether oxygens (including phenoxy) is 2. The number of methoxy groups -OCH3 is 2. The molecule has 0 aliphatic carbocycles. The highest BCUT2D eigenvalue weighted by Gasteiger charge is 2.10. The molecule has 20 heavy (non-hydrogen) atoms. The van der Waals surface area contributed by atoms with Crippen molar-refractivity contribution in [1.82, 2.24) is 10.6 Å². The van der Waals surface area contributed by atoms with Gasteiger partial charge in [-0.15, -0.1) is 0 Å². The van der Waals surface area contributed by atoms with E-state index in [0.717, 1.165) is 13.0 Å². The van der Waals surface area contributed by atoms with Gasteiger partial charge in [-0.25, -0.2) is 0 Å². The molecule has 0 saturated carbocycles. The maximum Gasteiger partial charge on any atom is 0.251 e. The molecule has 1 rings (SSSR count). The Morgan fingerprint density at radius 3 is 2.50 bits per heavy atom. The molecule has 0 saturated heterocycles. The van der Waals surface area contributed by atoms with Gasteiger partial charge in [0.15, 0.2) is 11.5 Å². The molecule has 112 valence electrons. The predicted octanol–water partition coefficient (Wildman–Crippen LogP) is 1.82. The highest BCUT2D eigenvalue weighted by molar-refractivity contribution is 5.94. The van der Waals surface area contributed by atoms with Crippen LogP contribution < -0.4 is 20.1 Å². The molecule has 0 bridgehead atoms. The largest absolute Gasteiger partial charge is 0.493 e. The first-order valence-corrected chi connectivity index (χ1v) is 6.86. The molecule has 1 aromatic rings. The van der Waals surface area contributed by atoms with Crippen molar-refractivity contribution in [2.75, 3.05) is 27.3 Å². The van der Waals surface area contributed by atoms with E-state index in [4.69, 9.17) is 9.47 Å². The molecule has 0 aliphatic heterocycles. The van der Waals surface area contributed by atoms with Gasteiger partial charge in [0, 0.05) is 24.7 Å². The molecular weight excluding hydrogens is 256 g/mol. The summed E-state index contributed by atoms with van der Waals surface area (Å²) in [4.78, 5) is 12.0. The third-order valence-electron chi connectivity index (χ3n) is 3.16. The summed E-state index contributed by atoms with van der Waals surface area (Å²) in [5.74, 6) is 1.05. The fourth-order valence-electron chi connectivity index (χ4n) is 1.72. The van der Waals surface area contributed by atoms with Crippen molar-refractivity contribution in [2.45, 2.75) is 26.3 Å². The summed E-state index contributed by atoms with van der Waals surface area (Å²) in [5.41, 5.74) is 0.561. The van der Waals surface area contributed by atoms with E-state index in [1.54, 1.807) is 32.4 Å². The second kappa shape index (κ2) is 8.43. The van der Waals surface area contributed by atoms with E-state index in [1.807, 2.05) is 0 Å². The Balaban J connectivity index is 2.51. The third-order valence-corrected chi connectivity index (χ3v) is 3.16. The van der Waals surface area contributed by atoms with E-state index in [1.165, 1.54) is 0 Å². The second-order valence-corrected chi connectivity index (χ2v) is 4.59. The van der Waals surface area contributed by atoms with Crippen molar-refractivity contribution in [1.29, 1.82) is 0 Å². The quantitative estimate of drug-likeness (QED) is 0.713. The lowest BCUT2D eigenvalue weighted by atomic mass is 10.2. The number of hydrogen-bond donors (Lipinski definition) is 2. The van der Waals surface area contributed by atoms with Crippen molar-refractivity contribution in [2.24, 2.45) is 0 Å². The van der Waals surface area contributed by atoms with Crippen LogP contribution in [0, 0.1) is 0 Å². The van der Waals surface area contributed by atoms with Crippen LogP contribution in [0.3, 0.4) is 0 Å². The standard InChI is InChI=1S/C15H24N2O3/c1-5-11(2)16-8-9-17-15(18)12-6-7-13(19-3)14(10-12)20-4/h6-7,10-11,16H,5,8-9H2,1-4H3,(H,17,18). The van der Waals surface area contributed by atoms with Gasteiger partial charge in [0.05, 0.1) is 14.2 Å². The third kappa shape index (κ3) is 4.74. The first-order chi connectivity index (χ1) is 9.62. The molecule has 0 aromatic heterocycles. The lowest BCUT2D eigenvalue weighted by Gasteiger charge is -2.12. The normalized spacial score (nSPS) is 11.8. The van der Waals surface area contributed by atoms with Crippen LogP contribution >= 0.6 is 0 Å². The minimum absolute atomic E-state index is 0.114. The van der Waals surface area contributed by atoms with Gasteiger partial charge >= 0.3 is 0 Å². The fourth-order valence-corrected chi connectivity index (χ4v) is 1.72. The topological polar surface area (TPSA) is 59.6 Å². The van der Waals surface area contributed by atoms with E-state index in [9.17, 15) is 4.79 Å². The van der Waals surface area contributed by atoms with Crippen LogP contribution in [0.5, 0.6) is 11.5 Å². The summed E-state index contributed by atoms with van der Waals surface area (Å²) < 4.78 is 10.3. The zero-order chi connectivity index (χ0) is 15.0. The van der Waals surface area contributed by atoms with Crippen LogP contribution in [0.15, 0.2) is 18.2 Å². The van der Waals surface area contributed by atoms with Gasteiger partial charge < -0.3 is 20.1 Å². The molecule has 5 heteroatoms. The van der Waals surface area contributed by atoms with Gasteiger partial charge in [-0.05, 0) is 31.5 Å². The van der Waals surface area contributed by atoms with Gasteiger partial charge in [0.1, 0.15) is 0 Å². The number of nitrogens with one attached hydrogen (secondary N) is 2. The van der Waals surface area contributed by atoms with Crippen LogP contribution in [-0.4, -0.2) is 39.3 Å². The maximum atomic E-state index is 12.0. The van der Waals surface area contributed by atoms with Crippen LogP contribution in [-0.2, 0) is 0 Å². The summed E-state index contributed by atoms with van der Waals surface area (Å²) in [7, 11) is 3.12. The Bertz CT molecular complexity index is 435. The summed E-state index contributed by atoms with van der Waals surface area (Å²) >= 11 is 0. The van der Waals surface area contributed by atoms with Crippen molar-refractivity contribution in [3.05, 3.63) is 23.8 Å². The Morgan fingerprint density at radius 1 is 1.20 bits per heavy atom. The summed E-state index contributed by atoms with van der Waals surface area (Å²) in [6.07, 6.45) is 1.07. The van der Waals surface area contributed by atoms with Gasteiger partial charge in [0.2, 0.25) is 0 Å². The van der Waals surface area contributed by atoms with E-state index in [2.05, 4.69) is 24.5 Å². The highest BCUT2D eigenvalue weighted by Crippen LogP contribution is 2.27. The van der Waals surface area contributed by atoms with Crippen LogP contribution in [0.4, 0.5) is 0 Å². The van der Waals surface area contributed by atoms with Crippen molar-refractivity contribution >= 4 is 5.91 Å². The molecule has 0 radical (unpaired) electrons. The number of carbonyl (C=O) groups excluding carboxylic acids is 1. The van der Waals surface area contributed by atoms with E-state index in [0.29, 0.717) is 29.6 Å². The van der Waals surface area contributed by atoms with Crippen LogP contribution in [0.1, 0.15) is 30.6 Å². The van der Waals surface area contributed by atoms with Gasteiger partial charge in [0.25, 0.3) is 5.91 Å². The van der Waals surface area contributed by atoms with E-state index in [-0.39, 0.29) is 5.91 Å². The number of amides is 1. The molecule has 0 aliphatic rings. The summed E-state index contributed by atoms with van der Waals surface area (Å²) in [6.45, 7) is 5.60. The average Bonchev–Trinajstić information content (AvgIpc) is 2.50. The lowest BCUT2D eigenvalue weighted by Crippen LogP contribution is -2.35. The molecule has 1 unspecified atom stereocenters. The zero-order valence-corrected chi connectivity index (χ0v) is 12.7. The number of carbonyl (C=O) groups is 1. The average molecular weight is 280 g/mol. The van der Waals surface area contributed by atoms with Crippen molar-refractivity contribution < 1.29 is 14.3 Å². The Labute approximate surface area is 120 Å². The SMILES string of the molecule is CCC(C)NCCNC(=O)c1ccc(OC)c(OC)c1. The first kappa shape index (κ1) is 16.3. The number of rotatable bonds is 8. The number of hydrogen-bond acceptors (Lipinski definition) is 4. The fraction of sp³-hybridized carbons (Fsp3) is 0.533. The Morgan fingerprint density at radius 2 is 1.90 bits per heavy atom. The maximum absolute atomic E-state index is 12.0. The molecule has 0 fully saturated rings. The monoisotopic (exact) mass is 280 g/mol. The molecule has 1 aromatic carbocycles. The van der Waals surface area contributed by atoms with Gasteiger partial charge in [-0.3, -0.25) is 4.79 Å². The van der Waals surface area contributed by atoms with Crippen LogP contribution in [0.2, 0.25) is 0 Å². The van der Waals surface area contributed by atoms with Gasteiger partial charge in [-0.1, -0.05) is 6.92 Å². The van der Waals surface area contributed by atoms with Crippen LogP contribution in [0.25, 0.3) is 0 Å². The molecule has 5 nitrogen and oxygen atoms in total. The predicted molar refractivity (Wildman–Crippen MR) is 79.6 cm³/mol. The molecular formula is C15H24N2O3. The van der Waals surface area contributed by atoms with Crippen molar-refractivity contribution in [3.8, 4) is 11.5 Å². The molecule has 2 N–H and O–H groups in total. The van der Waals surface area contributed by atoms with Gasteiger partial charge in [-0.2, -0.15) is 0 Å². The minimum atomic E-state index is -0.114. The molecule has 1 amide bonds. The summed E-state index contributed by atoms with van der Waals surface area (Å²) in [5, 5.41) is 6.19. The van der Waals surface area contributed by atoms with Crippen molar-refractivity contribution in [3.63, 3.8) is 0 Å². The molecule has 0 heterocycles. The first-order valence-electron chi connectivity index (χ1n) is 6.86. The zero-order valence-electron chi connectivity index (χ0n) is 12.7. The Hall–Kier alpha value is -1.75. The number of benzene rings is 1. The smallest absolute Gasteiger partial charge is 0.251 e. The van der Waals surface area contributed by atoms with E-state index < -0.39 is 0 Å².